The van der Waals surface area contributed by atoms with Crippen LogP contribution in [0.3, 0.4) is 0 Å². The Bertz CT molecular complexity index is 834. The van der Waals surface area contributed by atoms with Crippen LogP contribution in [0.25, 0.3) is 0 Å². The number of methoxy groups -OCH3 is 1. The van der Waals surface area contributed by atoms with Crippen LogP contribution in [0, 0.1) is 31.0 Å². The number of thioether (sulfide) groups is 1. The number of carbonyl (C=O) groups excluding carboxylic acids is 1. The summed E-state index contributed by atoms with van der Waals surface area (Å²) in [5, 5.41) is 12.5. The van der Waals surface area contributed by atoms with Gasteiger partial charge in [0.05, 0.1) is 17.9 Å². The van der Waals surface area contributed by atoms with E-state index in [0.717, 1.165) is 11.3 Å². The lowest BCUT2D eigenvalue weighted by Crippen LogP contribution is -2.15. The average Bonchev–Trinajstić information content (AvgIpc) is 2.57. The molecule has 0 saturated carbocycles. The Balaban J connectivity index is 2.12. The quantitative estimate of drug-likeness (QED) is 0.798. The molecule has 0 aliphatic heterocycles. The van der Waals surface area contributed by atoms with E-state index in [9.17, 15) is 14.4 Å². The number of hydrogen-bond acceptors (Lipinski definition) is 5. The van der Waals surface area contributed by atoms with Crippen LogP contribution in [-0.4, -0.2) is 23.8 Å². The van der Waals surface area contributed by atoms with Crippen LogP contribution in [-0.2, 0) is 16.1 Å². The monoisotopic (exact) mass is 359 g/mol. The number of nitrogens with zero attached hydrogens (tertiary/aromatic N) is 2. The van der Waals surface area contributed by atoms with Gasteiger partial charge in [-0.15, -0.1) is 0 Å². The molecule has 0 unspecified atom stereocenters. The predicted octanol–water partition coefficient (Wildman–Crippen LogP) is 3.59. The number of aromatic nitrogens is 1. The van der Waals surface area contributed by atoms with Gasteiger partial charge in [-0.2, -0.15) is 5.26 Å². The van der Waals surface area contributed by atoms with Gasteiger partial charge < -0.3 is 10.1 Å². The SMILES string of the molecule is COCc1cc(C)nc(SCC(=O)Nc2cccc(F)c2C)c1C#N. The molecule has 25 heavy (non-hydrogen) atoms. The van der Waals surface area contributed by atoms with Gasteiger partial charge >= 0.3 is 0 Å². The third-order valence-electron chi connectivity index (χ3n) is 3.49. The highest BCUT2D eigenvalue weighted by Crippen LogP contribution is 2.25. The Morgan fingerprint density at radius 3 is 2.88 bits per heavy atom. The van der Waals surface area contributed by atoms with Crippen molar-refractivity contribution >= 4 is 23.4 Å². The Labute approximate surface area is 150 Å². The van der Waals surface area contributed by atoms with Crippen molar-refractivity contribution in [2.45, 2.75) is 25.5 Å². The third-order valence-corrected chi connectivity index (χ3v) is 4.46. The van der Waals surface area contributed by atoms with Crippen LogP contribution < -0.4 is 5.32 Å². The number of anilines is 1. The van der Waals surface area contributed by atoms with E-state index in [1.54, 1.807) is 26.2 Å². The van der Waals surface area contributed by atoms with Gasteiger partial charge in [0.15, 0.2) is 0 Å². The second-order valence-corrected chi connectivity index (χ2v) is 6.36. The van der Waals surface area contributed by atoms with E-state index in [-0.39, 0.29) is 17.5 Å². The largest absolute Gasteiger partial charge is 0.380 e. The first kappa shape index (κ1) is 18.9. The molecular formula is C18H18FN3O2S. The van der Waals surface area contributed by atoms with Crippen molar-refractivity contribution in [1.82, 2.24) is 4.98 Å². The average molecular weight is 359 g/mol. The molecule has 2 aromatic rings. The molecule has 0 aliphatic carbocycles. The lowest BCUT2D eigenvalue weighted by molar-refractivity contribution is -0.113. The molecule has 1 heterocycles. The number of ether oxygens (including phenoxy) is 1. The number of nitrogens with one attached hydrogen (secondary N) is 1. The van der Waals surface area contributed by atoms with Gasteiger partial charge in [-0.3, -0.25) is 4.79 Å². The molecular weight excluding hydrogens is 341 g/mol. The van der Waals surface area contributed by atoms with Crippen LogP contribution in [0.2, 0.25) is 0 Å². The summed E-state index contributed by atoms with van der Waals surface area (Å²) in [5.74, 6) is -0.603. The standard InChI is InChI=1S/C18H18FN3O2S/c1-11-7-13(9-24-3)14(8-20)18(21-11)25-10-17(23)22-16-6-4-5-15(19)12(16)2/h4-7H,9-10H2,1-3H3,(H,22,23). The van der Waals surface area contributed by atoms with Gasteiger partial charge in [0.1, 0.15) is 16.9 Å². The minimum Gasteiger partial charge on any atom is -0.380 e. The number of carbonyl (C=O) groups is 1. The Morgan fingerprint density at radius 2 is 2.20 bits per heavy atom. The summed E-state index contributed by atoms with van der Waals surface area (Å²) in [6.07, 6.45) is 0. The van der Waals surface area contributed by atoms with Crippen molar-refractivity contribution in [3.8, 4) is 6.07 Å². The molecule has 1 amide bonds. The highest BCUT2D eigenvalue weighted by atomic mass is 32.2. The van der Waals surface area contributed by atoms with Gasteiger partial charge in [0.25, 0.3) is 0 Å². The number of rotatable bonds is 6. The predicted molar refractivity (Wildman–Crippen MR) is 94.9 cm³/mol. The fourth-order valence-electron chi connectivity index (χ4n) is 2.27. The molecule has 0 aliphatic rings. The molecule has 0 fully saturated rings. The molecule has 1 aromatic carbocycles. The molecule has 2 rings (SSSR count). The van der Waals surface area contributed by atoms with E-state index in [0.29, 0.717) is 28.4 Å². The van der Waals surface area contributed by atoms with E-state index in [4.69, 9.17) is 4.74 Å². The first-order chi connectivity index (χ1) is 12.0. The highest BCUT2D eigenvalue weighted by Gasteiger charge is 2.14. The first-order valence-corrected chi connectivity index (χ1v) is 8.52. The number of halogens is 1. The van der Waals surface area contributed by atoms with E-state index in [2.05, 4.69) is 16.4 Å². The van der Waals surface area contributed by atoms with E-state index in [1.807, 2.05) is 6.92 Å². The number of hydrogen-bond donors (Lipinski definition) is 1. The topological polar surface area (TPSA) is 75.0 Å². The second kappa shape index (κ2) is 8.60. The summed E-state index contributed by atoms with van der Waals surface area (Å²) in [4.78, 5) is 16.5. The summed E-state index contributed by atoms with van der Waals surface area (Å²) < 4.78 is 18.6. The molecule has 1 N–H and O–H groups in total. The van der Waals surface area contributed by atoms with Crippen LogP contribution in [0.15, 0.2) is 29.3 Å². The fraction of sp³-hybridized carbons (Fsp3) is 0.278. The van der Waals surface area contributed by atoms with Crippen molar-refractivity contribution < 1.29 is 13.9 Å². The summed E-state index contributed by atoms with van der Waals surface area (Å²) >= 11 is 1.17. The molecule has 7 heteroatoms. The minimum atomic E-state index is -0.373. The second-order valence-electron chi connectivity index (χ2n) is 5.40. The number of benzene rings is 1. The van der Waals surface area contributed by atoms with Crippen LogP contribution >= 0.6 is 11.8 Å². The fourth-order valence-corrected chi connectivity index (χ4v) is 3.14. The Kier molecular flexibility index (Phi) is 6.51. The lowest BCUT2D eigenvalue weighted by atomic mass is 10.1. The van der Waals surface area contributed by atoms with Crippen molar-refractivity contribution in [2.75, 3.05) is 18.2 Å². The zero-order chi connectivity index (χ0) is 18.4. The summed E-state index contributed by atoms with van der Waals surface area (Å²) in [5.41, 5.74) is 2.71. The molecule has 5 nitrogen and oxygen atoms in total. The van der Waals surface area contributed by atoms with Crippen molar-refractivity contribution in [3.05, 3.63) is 52.5 Å². The smallest absolute Gasteiger partial charge is 0.234 e. The van der Waals surface area contributed by atoms with Crippen LogP contribution in [0.1, 0.15) is 22.4 Å². The molecule has 130 valence electrons. The maximum Gasteiger partial charge on any atom is 0.234 e. The molecule has 1 aromatic heterocycles. The zero-order valence-corrected chi connectivity index (χ0v) is 15.0. The summed E-state index contributed by atoms with van der Waals surface area (Å²) in [6.45, 7) is 3.72. The van der Waals surface area contributed by atoms with E-state index >= 15 is 0 Å². The maximum atomic E-state index is 13.5. The van der Waals surface area contributed by atoms with Crippen LogP contribution in [0.5, 0.6) is 0 Å². The number of nitriles is 1. The summed E-state index contributed by atoms with van der Waals surface area (Å²) in [7, 11) is 1.55. The minimum absolute atomic E-state index is 0.0630. The van der Waals surface area contributed by atoms with Crippen molar-refractivity contribution in [2.24, 2.45) is 0 Å². The molecule has 0 radical (unpaired) electrons. The highest BCUT2D eigenvalue weighted by molar-refractivity contribution is 8.00. The Hall–Kier alpha value is -2.43. The Morgan fingerprint density at radius 1 is 1.44 bits per heavy atom. The lowest BCUT2D eigenvalue weighted by Gasteiger charge is -2.11. The first-order valence-electron chi connectivity index (χ1n) is 7.53. The zero-order valence-electron chi connectivity index (χ0n) is 14.2. The van der Waals surface area contributed by atoms with Crippen molar-refractivity contribution in [1.29, 1.82) is 5.26 Å². The van der Waals surface area contributed by atoms with Gasteiger partial charge in [-0.1, -0.05) is 17.8 Å². The third kappa shape index (κ3) is 4.78. The van der Waals surface area contributed by atoms with E-state index < -0.39 is 0 Å². The number of pyridine rings is 1. The maximum absolute atomic E-state index is 13.5. The normalized spacial score (nSPS) is 10.4. The van der Waals surface area contributed by atoms with Gasteiger partial charge in [0.2, 0.25) is 5.91 Å². The molecule has 0 saturated heterocycles. The number of amides is 1. The van der Waals surface area contributed by atoms with Gasteiger partial charge in [-0.05, 0) is 37.6 Å². The number of aryl methyl sites for hydroxylation is 1. The van der Waals surface area contributed by atoms with Crippen LogP contribution in [0.4, 0.5) is 10.1 Å². The summed E-state index contributed by atoms with van der Waals surface area (Å²) in [6, 6.07) is 8.44. The molecule has 0 atom stereocenters. The van der Waals surface area contributed by atoms with Gasteiger partial charge in [0, 0.05) is 24.1 Å². The van der Waals surface area contributed by atoms with Gasteiger partial charge in [-0.25, -0.2) is 9.37 Å². The molecule has 0 spiro atoms. The van der Waals surface area contributed by atoms with E-state index in [1.165, 1.54) is 23.9 Å². The van der Waals surface area contributed by atoms with Crippen molar-refractivity contribution in [3.63, 3.8) is 0 Å². The molecule has 0 bridgehead atoms.